The lowest BCUT2D eigenvalue weighted by molar-refractivity contribution is -0.142. The predicted molar refractivity (Wildman–Crippen MR) is 127 cm³/mol. The average Bonchev–Trinajstić information content (AvgIpc) is 2.79. The molecule has 0 saturated carbocycles. The van der Waals surface area contributed by atoms with Crippen LogP contribution in [-0.2, 0) is 30.4 Å². The zero-order valence-electron chi connectivity index (χ0n) is 19.2. The molecule has 0 aliphatic heterocycles. The standard InChI is InChI=1S/C22H32N4O7S/c1-13(22(32)33)24-20(30)16(10-11-34-2)25-21(31)17(12-14-6-4-3-5-7-14)26-19(29)15(23)8-9-18(27)28/h3-7,13,15-17H,8-12,23H2,1-2H3,(H,24,30)(H,25,31)(H,26,29)(H,27,28)(H,32,33). The number of benzene rings is 1. The van der Waals surface area contributed by atoms with E-state index >= 15 is 0 Å². The van der Waals surface area contributed by atoms with Gasteiger partial charge in [-0.25, -0.2) is 0 Å². The summed E-state index contributed by atoms with van der Waals surface area (Å²) in [6.45, 7) is 1.31. The second-order valence-electron chi connectivity index (χ2n) is 7.70. The van der Waals surface area contributed by atoms with Gasteiger partial charge in [-0.1, -0.05) is 30.3 Å². The van der Waals surface area contributed by atoms with Crippen LogP contribution in [0.3, 0.4) is 0 Å². The van der Waals surface area contributed by atoms with Gasteiger partial charge >= 0.3 is 11.9 Å². The fourth-order valence-electron chi connectivity index (χ4n) is 2.90. The average molecular weight is 497 g/mol. The molecule has 1 aromatic carbocycles. The minimum atomic E-state index is -1.21. The Morgan fingerprint density at radius 3 is 2.06 bits per heavy atom. The minimum absolute atomic E-state index is 0.104. The molecule has 0 saturated heterocycles. The number of rotatable bonds is 15. The first-order valence-electron chi connectivity index (χ1n) is 10.7. The Labute approximate surface area is 202 Å². The first kappa shape index (κ1) is 28.9. The van der Waals surface area contributed by atoms with Crippen LogP contribution in [0.25, 0.3) is 0 Å². The van der Waals surface area contributed by atoms with E-state index in [1.807, 2.05) is 6.26 Å². The molecule has 0 heterocycles. The molecule has 4 unspecified atom stereocenters. The smallest absolute Gasteiger partial charge is 0.325 e. The number of carboxylic acids is 2. The van der Waals surface area contributed by atoms with Gasteiger partial charge in [-0.3, -0.25) is 24.0 Å². The van der Waals surface area contributed by atoms with Gasteiger partial charge in [0.2, 0.25) is 17.7 Å². The van der Waals surface area contributed by atoms with Crippen molar-refractivity contribution in [1.29, 1.82) is 0 Å². The lowest BCUT2D eigenvalue weighted by atomic mass is 10.0. The van der Waals surface area contributed by atoms with Gasteiger partial charge in [-0.2, -0.15) is 11.8 Å². The first-order valence-corrected chi connectivity index (χ1v) is 12.1. The molecule has 11 nitrogen and oxygen atoms in total. The Kier molecular flexibility index (Phi) is 12.7. The van der Waals surface area contributed by atoms with Crippen LogP contribution in [0.4, 0.5) is 0 Å². The van der Waals surface area contributed by atoms with Crippen LogP contribution in [-0.4, -0.2) is 76.0 Å². The van der Waals surface area contributed by atoms with Crippen molar-refractivity contribution in [3.8, 4) is 0 Å². The molecule has 34 heavy (non-hydrogen) atoms. The molecule has 0 spiro atoms. The van der Waals surface area contributed by atoms with Gasteiger partial charge in [-0.05, 0) is 37.3 Å². The second-order valence-corrected chi connectivity index (χ2v) is 8.69. The van der Waals surface area contributed by atoms with Crippen molar-refractivity contribution in [2.75, 3.05) is 12.0 Å². The van der Waals surface area contributed by atoms with Crippen LogP contribution in [0.15, 0.2) is 30.3 Å². The van der Waals surface area contributed by atoms with Crippen LogP contribution in [0.2, 0.25) is 0 Å². The molecule has 188 valence electrons. The third-order valence-electron chi connectivity index (χ3n) is 4.89. The van der Waals surface area contributed by atoms with Gasteiger partial charge in [0, 0.05) is 12.8 Å². The van der Waals surface area contributed by atoms with Crippen molar-refractivity contribution in [1.82, 2.24) is 16.0 Å². The van der Waals surface area contributed by atoms with Gasteiger partial charge in [0.25, 0.3) is 0 Å². The topological polar surface area (TPSA) is 188 Å². The van der Waals surface area contributed by atoms with Crippen molar-refractivity contribution in [2.45, 2.75) is 56.8 Å². The number of carbonyl (C=O) groups excluding carboxylic acids is 3. The summed E-state index contributed by atoms with van der Waals surface area (Å²) in [5.74, 6) is -3.78. The second kappa shape index (κ2) is 14.9. The number of nitrogens with two attached hydrogens (primary N) is 1. The van der Waals surface area contributed by atoms with E-state index in [1.54, 1.807) is 30.3 Å². The fourth-order valence-corrected chi connectivity index (χ4v) is 3.37. The number of amides is 3. The van der Waals surface area contributed by atoms with E-state index in [4.69, 9.17) is 15.9 Å². The Morgan fingerprint density at radius 2 is 1.50 bits per heavy atom. The molecule has 0 fully saturated rings. The Balaban J connectivity index is 3.01. The number of hydrogen-bond donors (Lipinski definition) is 6. The number of nitrogens with one attached hydrogen (secondary N) is 3. The number of thioether (sulfide) groups is 1. The SMILES string of the molecule is CSCCC(NC(=O)C(Cc1ccccc1)NC(=O)C(N)CCC(=O)O)C(=O)NC(C)C(=O)O. The van der Waals surface area contributed by atoms with E-state index in [0.717, 1.165) is 5.56 Å². The van der Waals surface area contributed by atoms with Gasteiger partial charge < -0.3 is 31.9 Å². The zero-order valence-corrected chi connectivity index (χ0v) is 20.0. The van der Waals surface area contributed by atoms with Crippen molar-refractivity contribution in [3.63, 3.8) is 0 Å². The van der Waals surface area contributed by atoms with Gasteiger partial charge in [0.05, 0.1) is 6.04 Å². The van der Waals surface area contributed by atoms with E-state index in [9.17, 15) is 24.0 Å². The molecule has 12 heteroatoms. The van der Waals surface area contributed by atoms with E-state index in [1.165, 1.54) is 18.7 Å². The van der Waals surface area contributed by atoms with E-state index < -0.39 is 53.8 Å². The molecule has 1 rings (SSSR count). The predicted octanol–water partition coefficient (Wildman–Crippen LogP) is -0.267. The largest absolute Gasteiger partial charge is 0.481 e. The summed E-state index contributed by atoms with van der Waals surface area (Å²) in [7, 11) is 0. The van der Waals surface area contributed by atoms with Crippen molar-refractivity contribution < 1.29 is 34.2 Å². The highest BCUT2D eigenvalue weighted by atomic mass is 32.2. The lowest BCUT2D eigenvalue weighted by Crippen LogP contribution is -2.57. The molecule has 7 N–H and O–H groups in total. The molecule has 0 aromatic heterocycles. The summed E-state index contributed by atoms with van der Waals surface area (Å²) in [6, 6.07) is 4.49. The molecule has 1 aromatic rings. The Bertz CT molecular complexity index is 853. The van der Waals surface area contributed by atoms with Crippen molar-refractivity contribution >= 4 is 41.4 Å². The Morgan fingerprint density at radius 1 is 0.912 bits per heavy atom. The van der Waals surface area contributed by atoms with Gasteiger partial charge in [0.15, 0.2) is 0 Å². The van der Waals surface area contributed by atoms with Gasteiger partial charge in [-0.15, -0.1) is 0 Å². The molecule has 4 atom stereocenters. The maximum Gasteiger partial charge on any atom is 0.325 e. The first-order chi connectivity index (χ1) is 16.0. The number of hydrogen-bond acceptors (Lipinski definition) is 7. The highest BCUT2D eigenvalue weighted by molar-refractivity contribution is 7.98. The number of aliphatic carboxylic acids is 2. The fraction of sp³-hybridized carbons (Fsp3) is 0.500. The molecule has 0 bridgehead atoms. The number of carbonyl (C=O) groups is 5. The van der Waals surface area contributed by atoms with Crippen LogP contribution in [0.5, 0.6) is 0 Å². The van der Waals surface area contributed by atoms with Crippen LogP contribution >= 0.6 is 11.8 Å². The normalized spacial score (nSPS) is 14.2. The third kappa shape index (κ3) is 10.7. The summed E-state index contributed by atoms with van der Waals surface area (Å²) < 4.78 is 0. The lowest BCUT2D eigenvalue weighted by Gasteiger charge is -2.25. The minimum Gasteiger partial charge on any atom is -0.481 e. The molecule has 0 aliphatic carbocycles. The summed E-state index contributed by atoms with van der Waals surface area (Å²) >= 11 is 1.45. The molecular weight excluding hydrogens is 464 g/mol. The van der Waals surface area contributed by atoms with Crippen molar-refractivity contribution in [2.24, 2.45) is 5.73 Å². The highest BCUT2D eigenvalue weighted by Gasteiger charge is 2.29. The highest BCUT2D eigenvalue weighted by Crippen LogP contribution is 2.07. The maximum absolute atomic E-state index is 13.1. The monoisotopic (exact) mass is 496 g/mol. The van der Waals surface area contributed by atoms with Crippen LogP contribution < -0.4 is 21.7 Å². The quantitative estimate of drug-likeness (QED) is 0.190. The third-order valence-corrected chi connectivity index (χ3v) is 5.54. The molecular formula is C22H32N4O7S. The van der Waals surface area contributed by atoms with Gasteiger partial charge in [0.1, 0.15) is 18.1 Å². The van der Waals surface area contributed by atoms with Crippen molar-refractivity contribution in [3.05, 3.63) is 35.9 Å². The summed E-state index contributed by atoms with van der Waals surface area (Å²) in [5, 5.41) is 25.3. The van der Waals surface area contributed by atoms with E-state index in [-0.39, 0.29) is 25.7 Å². The molecule has 3 amide bonds. The summed E-state index contributed by atoms with van der Waals surface area (Å²) in [4.78, 5) is 60.1. The zero-order chi connectivity index (χ0) is 25.7. The van der Waals surface area contributed by atoms with E-state index in [0.29, 0.717) is 5.75 Å². The summed E-state index contributed by atoms with van der Waals surface area (Å²) in [6.07, 6.45) is 1.77. The van der Waals surface area contributed by atoms with Crippen LogP contribution in [0.1, 0.15) is 31.7 Å². The molecule has 0 aliphatic rings. The number of carboxylic acid groups (broad SMARTS) is 2. The maximum atomic E-state index is 13.1. The summed E-state index contributed by atoms with van der Waals surface area (Å²) in [5.41, 5.74) is 6.52. The van der Waals surface area contributed by atoms with E-state index in [2.05, 4.69) is 16.0 Å². The Hall–Kier alpha value is -3.12. The molecule has 0 radical (unpaired) electrons. The van der Waals surface area contributed by atoms with Crippen LogP contribution in [0, 0.1) is 0 Å².